The van der Waals surface area contributed by atoms with Gasteiger partial charge in [0.1, 0.15) is 30.5 Å². The predicted octanol–water partition coefficient (Wildman–Crippen LogP) is 12.2. The van der Waals surface area contributed by atoms with E-state index in [-0.39, 0.29) is 12.6 Å². The molecule has 1 rings (SSSR count). The number of carbonyl (C=O) groups is 1. The van der Waals surface area contributed by atoms with Crippen molar-refractivity contribution in [2.24, 2.45) is 0 Å². The monoisotopic (exact) mass is 823 g/mol. The van der Waals surface area contributed by atoms with E-state index in [2.05, 4.69) is 25.7 Å². The van der Waals surface area contributed by atoms with Crippen LogP contribution in [0.4, 0.5) is 0 Å². The SMILES string of the molecule is CCCCCCC#CCCCCCCCC[C@@H](CO[C@H]1O[C@H](CO)[C@H](O)[C@H](O)[C@H]1O)OC(=O)CCCCCCCCCCCCCCCCCCCCCCCCC. The Labute approximate surface area is 357 Å². The first kappa shape index (κ1) is 54.8. The summed E-state index contributed by atoms with van der Waals surface area (Å²) in [7, 11) is 0. The van der Waals surface area contributed by atoms with Crippen LogP contribution in [-0.2, 0) is 19.0 Å². The van der Waals surface area contributed by atoms with Gasteiger partial charge in [-0.25, -0.2) is 0 Å². The largest absolute Gasteiger partial charge is 0.460 e. The zero-order chi connectivity index (χ0) is 42.2. The Hall–Kier alpha value is -1.21. The van der Waals surface area contributed by atoms with Crippen molar-refractivity contribution in [1.29, 1.82) is 0 Å². The first-order chi connectivity index (χ1) is 28.4. The van der Waals surface area contributed by atoms with Crippen LogP contribution in [0, 0.1) is 11.8 Å². The van der Waals surface area contributed by atoms with E-state index < -0.39 is 43.4 Å². The molecule has 0 aromatic rings. The highest BCUT2D eigenvalue weighted by molar-refractivity contribution is 5.69. The fourth-order valence-electron chi connectivity index (χ4n) is 7.99. The van der Waals surface area contributed by atoms with Crippen molar-refractivity contribution < 1.29 is 39.4 Å². The minimum Gasteiger partial charge on any atom is -0.460 e. The third-order valence-electron chi connectivity index (χ3n) is 11.9. The van der Waals surface area contributed by atoms with Crippen molar-refractivity contribution >= 4 is 5.97 Å². The first-order valence-electron chi connectivity index (χ1n) is 25.0. The highest BCUT2D eigenvalue weighted by atomic mass is 16.7. The van der Waals surface area contributed by atoms with E-state index in [1.807, 2.05) is 0 Å². The number of carbonyl (C=O) groups excluding carboxylic acids is 1. The molecule has 1 saturated heterocycles. The van der Waals surface area contributed by atoms with E-state index in [1.165, 1.54) is 161 Å². The molecule has 8 heteroatoms. The number of esters is 1. The molecule has 58 heavy (non-hydrogen) atoms. The Morgan fingerprint density at radius 2 is 0.897 bits per heavy atom. The van der Waals surface area contributed by atoms with Crippen molar-refractivity contribution in [2.45, 2.75) is 288 Å². The highest BCUT2D eigenvalue weighted by Gasteiger charge is 2.44. The number of ether oxygens (including phenoxy) is 3. The molecule has 6 atom stereocenters. The lowest BCUT2D eigenvalue weighted by molar-refractivity contribution is -0.304. The lowest BCUT2D eigenvalue weighted by Crippen LogP contribution is -2.59. The summed E-state index contributed by atoms with van der Waals surface area (Å²) in [5.74, 6) is 6.39. The van der Waals surface area contributed by atoms with Crippen molar-refractivity contribution in [3.8, 4) is 11.8 Å². The van der Waals surface area contributed by atoms with E-state index in [1.54, 1.807) is 0 Å². The summed E-state index contributed by atoms with van der Waals surface area (Å²) in [4.78, 5) is 12.9. The van der Waals surface area contributed by atoms with E-state index in [0.717, 1.165) is 64.2 Å². The van der Waals surface area contributed by atoms with Crippen LogP contribution in [0.3, 0.4) is 0 Å². The number of aliphatic hydroxyl groups excluding tert-OH is 4. The smallest absolute Gasteiger partial charge is 0.306 e. The van der Waals surface area contributed by atoms with Gasteiger partial charge in [-0.15, -0.1) is 11.8 Å². The standard InChI is InChI=1S/C50H94O8/c1-3-5-7-9-11-13-15-17-19-20-21-22-23-24-25-26-27-29-31-33-35-37-39-41-46(52)57-44(43-56-50-49(55)48(54)47(53)45(42-51)58-50)40-38-36-34-32-30-28-18-16-14-12-10-8-6-4-2/h44-45,47-51,53-55H,3-13,15,17-43H2,1-2H3/t44-,45+,47-,48-,49+,50-/m0/s1. The highest BCUT2D eigenvalue weighted by Crippen LogP contribution is 2.23. The van der Waals surface area contributed by atoms with Crippen LogP contribution in [0.15, 0.2) is 0 Å². The summed E-state index contributed by atoms with van der Waals surface area (Å²) < 4.78 is 17.2. The van der Waals surface area contributed by atoms with Crippen LogP contribution in [0.25, 0.3) is 0 Å². The summed E-state index contributed by atoms with van der Waals surface area (Å²) in [6.45, 7) is 4.00. The summed E-state index contributed by atoms with van der Waals surface area (Å²) >= 11 is 0. The van der Waals surface area contributed by atoms with Crippen LogP contribution in [0.2, 0.25) is 0 Å². The summed E-state index contributed by atoms with van der Waals surface area (Å²) in [6.07, 6.45) is 38.0. The molecule has 342 valence electrons. The molecule has 4 N–H and O–H groups in total. The van der Waals surface area contributed by atoms with E-state index in [4.69, 9.17) is 14.2 Å². The quantitative estimate of drug-likeness (QED) is 0.0273. The fraction of sp³-hybridized carbons (Fsp3) is 0.940. The molecule has 8 nitrogen and oxygen atoms in total. The Kier molecular flexibility index (Phi) is 38.9. The van der Waals surface area contributed by atoms with Gasteiger partial charge in [-0.2, -0.15) is 0 Å². The van der Waals surface area contributed by atoms with Gasteiger partial charge in [0.25, 0.3) is 0 Å². The molecule has 1 heterocycles. The third kappa shape index (κ3) is 31.6. The molecule has 0 aromatic carbocycles. The van der Waals surface area contributed by atoms with Gasteiger partial charge in [0.15, 0.2) is 6.29 Å². The summed E-state index contributed by atoms with van der Waals surface area (Å²) in [5, 5.41) is 40.2. The molecular formula is C50H94O8. The molecule has 0 aromatic heterocycles. The molecule has 1 aliphatic heterocycles. The zero-order valence-electron chi connectivity index (χ0n) is 38.0. The molecule has 0 amide bonds. The Morgan fingerprint density at radius 1 is 0.517 bits per heavy atom. The van der Waals surface area contributed by atoms with Crippen molar-refractivity contribution in [3.63, 3.8) is 0 Å². The Bertz CT molecular complexity index is 948. The van der Waals surface area contributed by atoms with Gasteiger partial charge < -0.3 is 34.6 Å². The molecule has 0 saturated carbocycles. The topological polar surface area (TPSA) is 126 Å². The van der Waals surface area contributed by atoms with Crippen molar-refractivity contribution in [3.05, 3.63) is 0 Å². The van der Waals surface area contributed by atoms with Gasteiger partial charge in [-0.1, -0.05) is 200 Å². The van der Waals surface area contributed by atoms with Crippen molar-refractivity contribution in [1.82, 2.24) is 0 Å². The van der Waals surface area contributed by atoms with Gasteiger partial charge in [-0.05, 0) is 32.1 Å². The lowest BCUT2D eigenvalue weighted by Gasteiger charge is -2.39. The molecule has 1 fully saturated rings. The normalized spacial score (nSPS) is 19.9. The molecule has 0 unspecified atom stereocenters. The second kappa shape index (κ2) is 41.2. The molecule has 0 aliphatic carbocycles. The zero-order valence-corrected chi connectivity index (χ0v) is 38.0. The number of rotatable bonds is 41. The van der Waals surface area contributed by atoms with Crippen LogP contribution in [0.1, 0.15) is 251 Å². The first-order valence-corrected chi connectivity index (χ1v) is 25.0. The maximum atomic E-state index is 12.9. The maximum Gasteiger partial charge on any atom is 0.306 e. The molecule has 0 spiro atoms. The number of aliphatic hydroxyl groups is 4. The molecule has 1 aliphatic rings. The minimum atomic E-state index is -1.51. The lowest BCUT2D eigenvalue weighted by atomic mass is 9.99. The fourth-order valence-corrected chi connectivity index (χ4v) is 7.99. The van der Waals surface area contributed by atoms with E-state index in [0.29, 0.717) is 12.8 Å². The van der Waals surface area contributed by atoms with Crippen LogP contribution in [0.5, 0.6) is 0 Å². The average Bonchev–Trinajstić information content (AvgIpc) is 3.22. The van der Waals surface area contributed by atoms with Crippen LogP contribution >= 0.6 is 0 Å². The predicted molar refractivity (Wildman–Crippen MR) is 240 cm³/mol. The van der Waals surface area contributed by atoms with Gasteiger partial charge >= 0.3 is 5.97 Å². The Balaban J connectivity index is 2.17. The van der Waals surface area contributed by atoms with Gasteiger partial charge in [0.05, 0.1) is 13.2 Å². The number of hydrogen-bond donors (Lipinski definition) is 4. The van der Waals surface area contributed by atoms with Gasteiger partial charge in [0.2, 0.25) is 0 Å². The summed E-state index contributed by atoms with van der Waals surface area (Å²) in [6, 6.07) is 0. The number of hydrogen-bond acceptors (Lipinski definition) is 8. The number of unbranched alkanes of at least 4 members (excludes halogenated alkanes) is 32. The molecule has 0 radical (unpaired) electrons. The molecular weight excluding hydrogens is 729 g/mol. The van der Waals surface area contributed by atoms with E-state index in [9.17, 15) is 25.2 Å². The van der Waals surface area contributed by atoms with E-state index >= 15 is 0 Å². The Morgan fingerprint density at radius 3 is 1.33 bits per heavy atom. The maximum absolute atomic E-state index is 12.9. The second-order valence-corrected chi connectivity index (χ2v) is 17.5. The van der Waals surface area contributed by atoms with Crippen LogP contribution < -0.4 is 0 Å². The minimum absolute atomic E-state index is 0.00491. The van der Waals surface area contributed by atoms with Crippen LogP contribution in [-0.4, -0.2) is 76.4 Å². The molecule has 0 bridgehead atoms. The van der Waals surface area contributed by atoms with Gasteiger partial charge in [-0.3, -0.25) is 4.79 Å². The second-order valence-electron chi connectivity index (χ2n) is 17.5. The third-order valence-corrected chi connectivity index (χ3v) is 11.9. The average molecular weight is 823 g/mol. The van der Waals surface area contributed by atoms with Gasteiger partial charge in [0, 0.05) is 19.3 Å². The summed E-state index contributed by atoms with van der Waals surface area (Å²) in [5.41, 5.74) is 0. The van der Waals surface area contributed by atoms with Crippen molar-refractivity contribution in [2.75, 3.05) is 13.2 Å².